The first kappa shape index (κ1) is 13.4. The van der Waals surface area contributed by atoms with E-state index >= 15 is 0 Å². The van der Waals surface area contributed by atoms with E-state index in [1.165, 1.54) is 0 Å². The molecule has 1 aromatic rings. The molecular weight excluding hydrogens is 216 g/mol. The van der Waals surface area contributed by atoms with E-state index in [9.17, 15) is 9.59 Å². The van der Waals surface area contributed by atoms with Gasteiger partial charge in [0.05, 0.1) is 6.61 Å². The Morgan fingerprint density at radius 3 is 2.47 bits per heavy atom. The lowest BCUT2D eigenvalue weighted by molar-refractivity contribution is -0.137. The van der Waals surface area contributed by atoms with Gasteiger partial charge in [0.1, 0.15) is 0 Å². The van der Waals surface area contributed by atoms with Gasteiger partial charge in [-0.05, 0) is 37.0 Å². The van der Waals surface area contributed by atoms with Crippen LogP contribution in [0, 0.1) is 6.92 Å². The van der Waals surface area contributed by atoms with Gasteiger partial charge in [0.25, 0.3) is 5.78 Å². The van der Waals surface area contributed by atoms with E-state index in [2.05, 4.69) is 13.8 Å². The summed E-state index contributed by atoms with van der Waals surface area (Å²) >= 11 is 0. The van der Waals surface area contributed by atoms with Gasteiger partial charge in [-0.1, -0.05) is 26.0 Å². The summed E-state index contributed by atoms with van der Waals surface area (Å²) in [6.07, 6.45) is 0. The van der Waals surface area contributed by atoms with Crippen molar-refractivity contribution in [1.82, 2.24) is 0 Å². The van der Waals surface area contributed by atoms with Crippen molar-refractivity contribution in [3.63, 3.8) is 0 Å². The molecule has 0 fully saturated rings. The Morgan fingerprint density at radius 1 is 1.29 bits per heavy atom. The summed E-state index contributed by atoms with van der Waals surface area (Å²) in [6, 6.07) is 5.31. The molecule has 3 nitrogen and oxygen atoms in total. The molecule has 0 heterocycles. The lowest BCUT2D eigenvalue weighted by Gasteiger charge is -2.11. The SMILES string of the molecule is CCOC(=O)C(=O)c1ccc(C)c(C(C)C)c1. The standard InChI is InChI=1S/C14H18O3/c1-5-17-14(16)13(15)11-7-6-10(4)12(8-11)9(2)3/h6-9H,5H2,1-4H3. The van der Waals surface area contributed by atoms with Crippen molar-refractivity contribution in [3.8, 4) is 0 Å². The molecule has 0 amide bonds. The van der Waals surface area contributed by atoms with Crippen LogP contribution in [0.4, 0.5) is 0 Å². The zero-order valence-corrected chi connectivity index (χ0v) is 10.7. The molecule has 0 unspecified atom stereocenters. The number of carbonyl (C=O) groups excluding carboxylic acids is 2. The van der Waals surface area contributed by atoms with Crippen molar-refractivity contribution < 1.29 is 14.3 Å². The zero-order chi connectivity index (χ0) is 13.0. The minimum absolute atomic E-state index is 0.216. The van der Waals surface area contributed by atoms with Crippen LogP contribution in [-0.2, 0) is 9.53 Å². The van der Waals surface area contributed by atoms with E-state index in [1.54, 1.807) is 19.1 Å². The van der Waals surface area contributed by atoms with E-state index < -0.39 is 11.8 Å². The number of Topliss-reactive ketones (excluding diaryl/α,β-unsaturated/α-hetero) is 1. The Balaban J connectivity index is 3.03. The summed E-state index contributed by atoms with van der Waals surface area (Å²) in [4.78, 5) is 23.1. The topological polar surface area (TPSA) is 43.4 Å². The maximum absolute atomic E-state index is 11.7. The van der Waals surface area contributed by atoms with E-state index in [4.69, 9.17) is 4.74 Å². The van der Waals surface area contributed by atoms with Crippen LogP contribution in [0.5, 0.6) is 0 Å². The number of benzene rings is 1. The van der Waals surface area contributed by atoms with Gasteiger partial charge in [0.15, 0.2) is 0 Å². The molecule has 0 aromatic heterocycles. The van der Waals surface area contributed by atoms with Crippen molar-refractivity contribution in [3.05, 3.63) is 34.9 Å². The van der Waals surface area contributed by atoms with Crippen LogP contribution in [0.15, 0.2) is 18.2 Å². The molecular formula is C14H18O3. The van der Waals surface area contributed by atoms with Gasteiger partial charge in [-0.3, -0.25) is 4.79 Å². The molecule has 1 rings (SSSR count). The van der Waals surface area contributed by atoms with Crippen LogP contribution in [-0.4, -0.2) is 18.4 Å². The predicted molar refractivity (Wildman–Crippen MR) is 66.2 cm³/mol. The molecule has 0 atom stereocenters. The third-order valence-corrected chi connectivity index (χ3v) is 2.62. The molecule has 0 N–H and O–H groups in total. The van der Waals surface area contributed by atoms with Gasteiger partial charge in [0, 0.05) is 5.56 Å². The molecule has 0 aliphatic rings. The first-order valence-electron chi connectivity index (χ1n) is 5.79. The summed E-state index contributed by atoms with van der Waals surface area (Å²) in [5.41, 5.74) is 2.61. The average Bonchev–Trinajstić information content (AvgIpc) is 2.28. The maximum atomic E-state index is 11.7. The Bertz CT molecular complexity index is 433. The van der Waals surface area contributed by atoms with Crippen molar-refractivity contribution >= 4 is 11.8 Å². The van der Waals surface area contributed by atoms with Gasteiger partial charge >= 0.3 is 5.97 Å². The van der Waals surface area contributed by atoms with Crippen LogP contribution in [0.2, 0.25) is 0 Å². The Labute approximate surface area is 102 Å². The van der Waals surface area contributed by atoms with E-state index in [0.717, 1.165) is 11.1 Å². The molecule has 0 saturated heterocycles. The first-order valence-corrected chi connectivity index (χ1v) is 5.79. The summed E-state index contributed by atoms with van der Waals surface area (Å²) in [6.45, 7) is 8.00. The molecule has 0 saturated carbocycles. The van der Waals surface area contributed by atoms with E-state index in [0.29, 0.717) is 11.5 Å². The monoisotopic (exact) mass is 234 g/mol. The smallest absolute Gasteiger partial charge is 0.379 e. The minimum atomic E-state index is -0.786. The Kier molecular flexibility index (Phi) is 4.44. The Hall–Kier alpha value is -1.64. The maximum Gasteiger partial charge on any atom is 0.379 e. The van der Waals surface area contributed by atoms with Gasteiger partial charge in [0.2, 0.25) is 0 Å². The molecule has 17 heavy (non-hydrogen) atoms. The quantitative estimate of drug-likeness (QED) is 0.457. The van der Waals surface area contributed by atoms with Gasteiger partial charge in [-0.25, -0.2) is 4.79 Å². The molecule has 0 bridgehead atoms. The number of esters is 1. The van der Waals surface area contributed by atoms with Crippen molar-refractivity contribution in [2.24, 2.45) is 0 Å². The number of hydrogen-bond acceptors (Lipinski definition) is 3. The second-order valence-corrected chi connectivity index (χ2v) is 4.28. The highest BCUT2D eigenvalue weighted by Gasteiger charge is 2.18. The highest BCUT2D eigenvalue weighted by atomic mass is 16.5. The molecule has 0 radical (unpaired) electrons. The highest BCUT2D eigenvalue weighted by Crippen LogP contribution is 2.20. The van der Waals surface area contributed by atoms with Crippen LogP contribution in [0.1, 0.15) is 48.2 Å². The number of ether oxygens (including phenoxy) is 1. The second kappa shape index (κ2) is 5.62. The van der Waals surface area contributed by atoms with Crippen molar-refractivity contribution in [1.29, 1.82) is 0 Å². The fourth-order valence-electron chi connectivity index (χ4n) is 1.72. The van der Waals surface area contributed by atoms with E-state index in [1.807, 2.05) is 13.0 Å². The number of aryl methyl sites for hydroxylation is 1. The average molecular weight is 234 g/mol. The molecule has 0 aliphatic carbocycles. The van der Waals surface area contributed by atoms with Crippen molar-refractivity contribution in [2.75, 3.05) is 6.61 Å². The lowest BCUT2D eigenvalue weighted by Crippen LogP contribution is -2.17. The number of rotatable bonds is 4. The molecule has 0 aliphatic heterocycles. The predicted octanol–water partition coefficient (Wildman–Crippen LogP) is 2.86. The third-order valence-electron chi connectivity index (χ3n) is 2.62. The zero-order valence-electron chi connectivity index (χ0n) is 10.7. The van der Waals surface area contributed by atoms with Gasteiger partial charge in [-0.15, -0.1) is 0 Å². The normalized spacial score (nSPS) is 10.4. The lowest BCUT2D eigenvalue weighted by atomic mass is 9.95. The first-order chi connectivity index (χ1) is 7.97. The summed E-state index contributed by atoms with van der Waals surface area (Å²) < 4.78 is 4.70. The summed E-state index contributed by atoms with van der Waals surface area (Å²) in [5.74, 6) is -1.04. The largest absolute Gasteiger partial charge is 0.460 e. The third kappa shape index (κ3) is 3.16. The van der Waals surface area contributed by atoms with Crippen molar-refractivity contribution in [2.45, 2.75) is 33.6 Å². The van der Waals surface area contributed by atoms with Crippen LogP contribution in [0.25, 0.3) is 0 Å². The number of hydrogen-bond donors (Lipinski definition) is 0. The Morgan fingerprint density at radius 2 is 1.94 bits per heavy atom. The molecule has 3 heteroatoms. The number of ketones is 1. The molecule has 92 valence electrons. The number of carbonyl (C=O) groups is 2. The molecule has 1 aromatic carbocycles. The van der Waals surface area contributed by atoms with Crippen LogP contribution in [0.3, 0.4) is 0 Å². The summed E-state index contributed by atoms with van der Waals surface area (Å²) in [5, 5.41) is 0. The van der Waals surface area contributed by atoms with Crippen LogP contribution < -0.4 is 0 Å². The fourth-order valence-corrected chi connectivity index (χ4v) is 1.72. The molecule has 0 spiro atoms. The van der Waals surface area contributed by atoms with Gasteiger partial charge < -0.3 is 4.74 Å². The highest BCUT2D eigenvalue weighted by molar-refractivity contribution is 6.40. The van der Waals surface area contributed by atoms with Crippen LogP contribution >= 0.6 is 0 Å². The van der Waals surface area contributed by atoms with E-state index in [-0.39, 0.29) is 6.61 Å². The summed E-state index contributed by atoms with van der Waals surface area (Å²) in [7, 11) is 0. The fraction of sp³-hybridized carbons (Fsp3) is 0.429. The minimum Gasteiger partial charge on any atom is -0.460 e. The van der Waals surface area contributed by atoms with Gasteiger partial charge in [-0.2, -0.15) is 0 Å². The second-order valence-electron chi connectivity index (χ2n) is 4.28.